The zero-order chi connectivity index (χ0) is 9.97. The monoisotopic (exact) mass is 224 g/mol. The Hall–Kier alpha value is -0.410. The molecule has 1 aromatic carbocycles. The number of rotatable bonds is 1. The highest BCUT2D eigenvalue weighted by Crippen LogP contribution is 2.42. The van der Waals surface area contributed by atoms with E-state index in [0.29, 0.717) is 23.9 Å². The number of benzene rings is 1. The van der Waals surface area contributed by atoms with Crippen LogP contribution >= 0.6 is 24.4 Å². The normalized spacial score (nSPS) is 27.6. The van der Waals surface area contributed by atoms with Gasteiger partial charge >= 0.3 is 0 Å². The van der Waals surface area contributed by atoms with Gasteiger partial charge in [0.25, 0.3) is 0 Å². The molecular weight excluding hydrogens is 212 g/mol. The molecule has 74 valence electrons. The standard InChI is InChI=1S/C11H12OS2/c12-9-6-10(14-11(13)7-9)8-4-2-1-3-5-8/h1-5,10-11,13H,6-7H2. The third-order valence-corrected chi connectivity index (χ3v) is 4.10. The predicted molar refractivity (Wildman–Crippen MR) is 63.8 cm³/mol. The van der Waals surface area contributed by atoms with Crippen molar-refractivity contribution in [2.45, 2.75) is 22.7 Å². The second-order valence-corrected chi connectivity index (χ2v) is 5.82. The maximum absolute atomic E-state index is 11.4. The van der Waals surface area contributed by atoms with Gasteiger partial charge in [-0.25, -0.2) is 0 Å². The molecule has 1 aliphatic heterocycles. The lowest BCUT2D eigenvalue weighted by Crippen LogP contribution is -2.16. The van der Waals surface area contributed by atoms with Crippen LogP contribution in [0.5, 0.6) is 0 Å². The molecule has 0 spiro atoms. The summed E-state index contributed by atoms with van der Waals surface area (Å²) < 4.78 is 0.168. The average molecular weight is 224 g/mol. The van der Waals surface area contributed by atoms with E-state index >= 15 is 0 Å². The second-order valence-electron chi connectivity index (χ2n) is 3.44. The highest BCUT2D eigenvalue weighted by atomic mass is 32.2. The van der Waals surface area contributed by atoms with Crippen molar-refractivity contribution in [2.75, 3.05) is 0 Å². The molecule has 1 nitrogen and oxygen atoms in total. The Labute approximate surface area is 93.7 Å². The van der Waals surface area contributed by atoms with Crippen molar-refractivity contribution in [1.29, 1.82) is 0 Å². The number of carbonyl (C=O) groups excluding carboxylic acids is 1. The lowest BCUT2D eigenvalue weighted by Gasteiger charge is -2.25. The Morgan fingerprint density at radius 2 is 1.93 bits per heavy atom. The summed E-state index contributed by atoms with van der Waals surface area (Å²) in [6, 6.07) is 10.2. The van der Waals surface area contributed by atoms with Crippen molar-refractivity contribution in [3.05, 3.63) is 35.9 Å². The van der Waals surface area contributed by atoms with Gasteiger partial charge in [-0.1, -0.05) is 30.3 Å². The Balaban J connectivity index is 2.15. The van der Waals surface area contributed by atoms with E-state index in [1.807, 2.05) is 18.2 Å². The minimum atomic E-state index is 0.168. The molecule has 0 radical (unpaired) electrons. The van der Waals surface area contributed by atoms with Crippen LogP contribution in [0.15, 0.2) is 30.3 Å². The molecular formula is C11H12OS2. The fraction of sp³-hybridized carbons (Fsp3) is 0.364. The molecule has 3 heteroatoms. The van der Waals surface area contributed by atoms with Crippen molar-refractivity contribution in [3.8, 4) is 0 Å². The predicted octanol–water partition coefficient (Wildman–Crippen LogP) is 3.08. The molecule has 2 rings (SSSR count). The van der Waals surface area contributed by atoms with Gasteiger partial charge in [0.05, 0.1) is 4.58 Å². The van der Waals surface area contributed by atoms with Gasteiger partial charge in [-0.3, -0.25) is 4.79 Å². The number of thiol groups is 1. The van der Waals surface area contributed by atoms with Gasteiger partial charge in [-0.2, -0.15) is 12.6 Å². The van der Waals surface area contributed by atoms with Crippen LogP contribution in [-0.4, -0.2) is 10.4 Å². The van der Waals surface area contributed by atoms with Crippen LogP contribution in [-0.2, 0) is 4.79 Å². The summed E-state index contributed by atoms with van der Waals surface area (Å²) in [5.41, 5.74) is 1.24. The van der Waals surface area contributed by atoms with Gasteiger partial charge in [0.15, 0.2) is 0 Å². The number of thioether (sulfide) groups is 1. The Kier molecular flexibility index (Phi) is 3.19. The zero-order valence-corrected chi connectivity index (χ0v) is 9.43. The van der Waals surface area contributed by atoms with Crippen molar-refractivity contribution < 1.29 is 4.79 Å². The molecule has 2 atom stereocenters. The topological polar surface area (TPSA) is 17.1 Å². The van der Waals surface area contributed by atoms with E-state index < -0.39 is 0 Å². The Bertz CT molecular complexity index is 323. The van der Waals surface area contributed by atoms with Crippen LogP contribution in [0.25, 0.3) is 0 Å². The molecule has 0 N–H and O–H groups in total. The molecule has 1 saturated heterocycles. The molecule has 0 amide bonds. The summed E-state index contributed by atoms with van der Waals surface area (Å²) in [5, 5.41) is 0.306. The van der Waals surface area contributed by atoms with Crippen LogP contribution < -0.4 is 0 Å². The Morgan fingerprint density at radius 3 is 2.57 bits per heavy atom. The molecule has 2 unspecified atom stereocenters. The van der Waals surface area contributed by atoms with E-state index in [1.54, 1.807) is 11.8 Å². The Morgan fingerprint density at radius 1 is 1.21 bits per heavy atom. The average Bonchev–Trinajstić information content (AvgIpc) is 2.18. The maximum atomic E-state index is 11.4. The largest absolute Gasteiger partial charge is 0.300 e. The second kappa shape index (κ2) is 4.41. The van der Waals surface area contributed by atoms with Crippen molar-refractivity contribution in [1.82, 2.24) is 0 Å². The van der Waals surface area contributed by atoms with Gasteiger partial charge in [-0.15, -0.1) is 11.8 Å². The zero-order valence-electron chi connectivity index (χ0n) is 7.72. The molecule has 0 saturated carbocycles. The minimum absolute atomic E-state index is 0.168. The van der Waals surface area contributed by atoms with Crippen molar-refractivity contribution in [3.63, 3.8) is 0 Å². The smallest absolute Gasteiger partial charge is 0.136 e. The van der Waals surface area contributed by atoms with Crippen molar-refractivity contribution >= 4 is 30.2 Å². The molecule has 1 aromatic rings. The summed E-state index contributed by atoms with van der Waals surface area (Å²) in [6.45, 7) is 0. The summed E-state index contributed by atoms with van der Waals surface area (Å²) in [4.78, 5) is 11.4. The van der Waals surface area contributed by atoms with Crippen LogP contribution in [0, 0.1) is 0 Å². The SMILES string of the molecule is O=C1CC(S)SC(c2ccccc2)C1. The van der Waals surface area contributed by atoms with E-state index in [2.05, 4.69) is 24.8 Å². The highest BCUT2D eigenvalue weighted by molar-refractivity contribution is 8.10. The van der Waals surface area contributed by atoms with E-state index in [-0.39, 0.29) is 4.58 Å². The lowest BCUT2D eigenvalue weighted by atomic mass is 10.1. The number of Topliss-reactive ketones (excluding diaryl/α,β-unsaturated/α-hetero) is 1. The summed E-state index contributed by atoms with van der Waals surface area (Å²) in [7, 11) is 0. The summed E-state index contributed by atoms with van der Waals surface area (Å²) in [5.74, 6) is 0.331. The summed E-state index contributed by atoms with van der Waals surface area (Å²) >= 11 is 6.16. The van der Waals surface area contributed by atoms with E-state index in [0.717, 1.165) is 0 Å². The fourth-order valence-electron chi connectivity index (χ4n) is 1.63. The fourth-order valence-corrected chi connectivity index (χ4v) is 3.54. The highest BCUT2D eigenvalue weighted by Gasteiger charge is 2.26. The molecule has 0 aliphatic carbocycles. The number of hydrogen-bond donors (Lipinski definition) is 1. The van der Waals surface area contributed by atoms with Crippen LogP contribution in [0.1, 0.15) is 23.7 Å². The quantitative estimate of drug-likeness (QED) is 0.738. The van der Waals surface area contributed by atoms with E-state index in [4.69, 9.17) is 0 Å². The molecule has 0 aromatic heterocycles. The third-order valence-electron chi connectivity index (χ3n) is 2.31. The minimum Gasteiger partial charge on any atom is -0.300 e. The third kappa shape index (κ3) is 2.34. The van der Waals surface area contributed by atoms with Gasteiger partial charge < -0.3 is 0 Å². The van der Waals surface area contributed by atoms with E-state index in [1.165, 1.54) is 5.56 Å². The molecule has 1 fully saturated rings. The first kappa shape index (κ1) is 10.1. The maximum Gasteiger partial charge on any atom is 0.136 e. The van der Waals surface area contributed by atoms with E-state index in [9.17, 15) is 4.79 Å². The van der Waals surface area contributed by atoms with Crippen LogP contribution in [0.4, 0.5) is 0 Å². The first-order chi connectivity index (χ1) is 6.75. The van der Waals surface area contributed by atoms with Gasteiger partial charge in [-0.05, 0) is 5.56 Å². The number of hydrogen-bond acceptors (Lipinski definition) is 3. The van der Waals surface area contributed by atoms with Gasteiger partial charge in [0, 0.05) is 18.1 Å². The molecule has 1 heterocycles. The van der Waals surface area contributed by atoms with Crippen LogP contribution in [0.3, 0.4) is 0 Å². The first-order valence-corrected chi connectivity index (χ1v) is 6.12. The van der Waals surface area contributed by atoms with Gasteiger partial charge in [0.2, 0.25) is 0 Å². The van der Waals surface area contributed by atoms with Crippen LogP contribution in [0.2, 0.25) is 0 Å². The summed E-state index contributed by atoms with van der Waals surface area (Å²) in [6.07, 6.45) is 1.27. The first-order valence-electron chi connectivity index (χ1n) is 4.66. The number of carbonyl (C=O) groups is 1. The van der Waals surface area contributed by atoms with Gasteiger partial charge in [0.1, 0.15) is 5.78 Å². The van der Waals surface area contributed by atoms with Crippen molar-refractivity contribution in [2.24, 2.45) is 0 Å². The molecule has 14 heavy (non-hydrogen) atoms. The lowest BCUT2D eigenvalue weighted by molar-refractivity contribution is -0.119. The number of ketones is 1. The molecule has 0 bridgehead atoms. The molecule has 1 aliphatic rings.